The fourth-order valence-corrected chi connectivity index (χ4v) is 2.87. The van der Waals surface area contributed by atoms with E-state index in [2.05, 4.69) is 27.8 Å². The number of piperidine rings is 1. The summed E-state index contributed by atoms with van der Waals surface area (Å²) >= 11 is 0. The lowest BCUT2D eigenvalue weighted by Gasteiger charge is -2.30. The van der Waals surface area contributed by atoms with Crippen LogP contribution in [0.5, 0.6) is 0 Å². The van der Waals surface area contributed by atoms with Crippen LogP contribution in [0.4, 0.5) is 11.4 Å². The van der Waals surface area contributed by atoms with E-state index in [4.69, 9.17) is 0 Å². The number of nitrogens with one attached hydrogen (secondary N) is 1. The summed E-state index contributed by atoms with van der Waals surface area (Å²) in [6.45, 7) is 9.77. The SMILES string of the molecule is C=Cc1cccc(C(=O)Nc2ccccc2N2CCCCC2)n1.CC. The molecular weight excluding hydrogens is 310 g/mol. The zero-order valence-electron chi connectivity index (χ0n) is 15.2. The second-order valence-corrected chi connectivity index (χ2v) is 5.67. The highest BCUT2D eigenvalue weighted by Crippen LogP contribution is 2.28. The van der Waals surface area contributed by atoms with Crippen molar-refractivity contribution in [1.29, 1.82) is 0 Å². The first kappa shape index (κ1) is 18.7. The quantitative estimate of drug-likeness (QED) is 0.854. The smallest absolute Gasteiger partial charge is 0.274 e. The van der Waals surface area contributed by atoms with E-state index >= 15 is 0 Å². The largest absolute Gasteiger partial charge is 0.370 e. The number of para-hydroxylation sites is 2. The number of benzene rings is 1. The van der Waals surface area contributed by atoms with E-state index in [-0.39, 0.29) is 5.91 Å². The molecule has 1 saturated heterocycles. The van der Waals surface area contributed by atoms with Gasteiger partial charge in [-0.05, 0) is 49.6 Å². The van der Waals surface area contributed by atoms with Crippen molar-refractivity contribution in [2.75, 3.05) is 23.3 Å². The second kappa shape index (κ2) is 9.62. The zero-order valence-corrected chi connectivity index (χ0v) is 15.2. The molecule has 4 nitrogen and oxygen atoms in total. The fourth-order valence-electron chi connectivity index (χ4n) is 2.87. The van der Waals surface area contributed by atoms with E-state index < -0.39 is 0 Å². The molecule has 1 amide bonds. The lowest BCUT2D eigenvalue weighted by Crippen LogP contribution is -2.30. The first-order valence-corrected chi connectivity index (χ1v) is 9.03. The Bertz CT molecular complexity index is 706. The van der Waals surface area contributed by atoms with Crippen LogP contribution in [0.15, 0.2) is 49.0 Å². The predicted molar refractivity (Wildman–Crippen MR) is 106 cm³/mol. The Balaban J connectivity index is 0.00000109. The molecule has 1 aliphatic heterocycles. The van der Waals surface area contributed by atoms with Crippen LogP contribution >= 0.6 is 0 Å². The monoisotopic (exact) mass is 337 g/mol. The molecule has 0 saturated carbocycles. The second-order valence-electron chi connectivity index (χ2n) is 5.67. The van der Waals surface area contributed by atoms with Gasteiger partial charge in [0.2, 0.25) is 0 Å². The number of nitrogens with zero attached hydrogens (tertiary/aromatic N) is 2. The molecule has 132 valence electrons. The van der Waals surface area contributed by atoms with Gasteiger partial charge in [-0.15, -0.1) is 0 Å². The Morgan fingerprint density at radius 2 is 1.80 bits per heavy atom. The van der Waals surface area contributed by atoms with E-state index in [1.54, 1.807) is 12.1 Å². The molecular formula is C21H27N3O. The summed E-state index contributed by atoms with van der Waals surface area (Å²) in [5.74, 6) is -0.196. The topological polar surface area (TPSA) is 45.2 Å². The number of amides is 1. The average Bonchev–Trinajstić information content (AvgIpc) is 2.70. The number of anilines is 2. The minimum atomic E-state index is -0.196. The molecule has 1 aromatic carbocycles. The molecule has 0 atom stereocenters. The van der Waals surface area contributed by atoms with Crippen molar-refractivity contribution in [2.45, 2.75) is 33.1 Å². The Hall–Kier alpha value is -2.62. The van der Waals surface area contributed by atoms with Gasteiger partial charge in [-0.3, -0.25) is 4.79 Å². The Kier molecular flexibility index (Phi) is 7.20. The summed E-state index contributed by atoms with van der Waals surface area (Å²) in [5.41, 5.74) is 3.02. The molecule has 4 heteroatoms. The van der Waals surface area contributed by atoms with Crippen LogP contribution in [-0.4, -0.2) is 24.0 Å². The van der Waals surface area contributed by atoms with Gasteiger partial charge in [-0.1, -0.05) is 38.6 Å². The van der Waals surface area contributed by atoms with Gasteiger partial charge in [0.25, 0.3) is 5.91 Å². The number of hydrogen-bond donors (Lipinski definition) is 1. The Morgan fingerprint density at radius 3 is 2.52 bits per heavy atom. The lowest BCUT2D eigenvalue weighted by molar-refractivity contribution is 0.102. The summed E-state index contributed by atoms with van der Waals surface area (Å²) in [4.78, 5) is 19.1. The van der Waals surface area contributed by atoms with Crippen molar-refractivity contribution in [1.82, 2.24) is 4.98 Å². The van der Waals surface area contributed by atoms with Crippen LogP contribution in [-0.2, 0) is 0 Å². The molecule has 3 rings (SSSR count). The molecule has 0 unspecified atom stereocenters. The van der Waals surface area contributed by atoms with Crippen LogP contribution < -0.4 is 10.2 Å². The van der Waals surface area contributed by atoms with Crippen molar-refractivity contribution in [3.8, 4) is 0 Å². The number of hydrogen-bond acceptors (Lipinski definition) is 3. The minimum absolute atomic E-state index is 0.196. The van der Waals surface area contributed by atoms with E-state index in [0.717, 1.165) is 24.5 Å². The van der Waals surface area contributed by atoms with Gasteiger partial charge in [0.05, 0.1) is 17.1 Å². The van der Waals surface area contributed by atoms with Crippen LogP contribution in [0.3, 0.4) is 0 Å². The third-order valence-electron chi connectivity index (χ3n) is 4.06. The summed E-state index contributed by atoms with van der Waals surface area (Å²) in [6.07, 6.45) is 5.32. The molecule has 0 radical (unpaired) electrons. The van der Waals surface area contributed by atoms with E-state index in [9.17, 15) is 4.79 Å². The summed E-state index contributed by atoms with van der Waals surface area (Å²) in [7, 11) is 0. The molecule has 0 bridgehead atoms. The highest BCUT2D eigenvalue weighted by Gasteiger charge is 2.16. The van der Waals surface area contributed by atoms with Crippen LogP contribution in [0.2, 0.25) is 0 Å². The Labute approximate surface area is 150 Å². The van der Waals surface area contributed by atoms with E-state index in [1.165, 1.54) is 19.3 Å². The maximum absolute atomic E-state index is 12.5. The standard InChI is InChI=1S/C19H21N3O.C2H6/c1-2-15-9-8-11-17(20-15)19(23)21-16-10-4-5-12-18(16)22-13-6-3-7-14-22;1-2/h2,4-5,8-12H,1,3,6-7,13-14H2,(H,21,23);1-2H3. The van der Waals surface area contributed by atoms with Gasteiger partial charge in [0, 0.05) is 13.1 Å². The minimum Gasteiger partial charge on any atom is -0.370 e. The van der Waals surface area contributed by atoms with Crippen molar-refractivity contribution in [2.24, 2.45) is 0 Å². The molecule has 0 aliphatic carbocycles. The molecule has 1 aromatic heterocycles. The lowest BCUT2D eigenvalue weighted by atomic mass is 10.1. The third-order valence-corrected chi connectivity index (χ3v) is 4.06. The van der Waals surface area contributed by atoms with Gasteiger partial charge < -0.3 is 10.2 Å². The first-order chi connectivity index (χ1) is 12.3. The third kappa shape index (κ3) is 4.92. The highest BCUT2D eigenvalue weighted by molar-refractivity contribution is 6.04. The van der Waals surface area contributed by atoms with Gasteiger partial charge in [-0.25, -0.2) is 4.98 Å². The maximum atomic E-state index is 12.5. The van der Waals surface area contributed by atoms with Crippen molar-refractivity contribution < 1.29 is 4.79 Å². The summed E-state index contributed by atoms with van der Waals surface area (Å²) in [5, 5.41) is 3.00. The maximum Gasteiger partial charge on any atom is 0.274 e. The van der Waals surface area contributed by atoms with Crippen LogP contribution in [0.1, 0.15) is 49.3 Å². The van der Waals surface area contributed by atoms with Crippen molar-refractivity contribution >= 4 is 23.4 Å². The van der Waals surface area contributed by atoms with Gasteiger partial charge >= 0.3 is 0 Å². The normalized spacial score (nSPS) is 13.4. The van der Waals surface area contributed by atoms with Gasteiger partial charge in [0.1, 0.15) is 5.69 Å². The van der Waals surface area contributed by atoms with Gasteiger partial charge in [-0.2, -0.15) is 0 Å². The highest BCUT2D eigenvalue weighted by atomic mass is 16.1. The number of rotatable bonds is 4. The summed E-state index contributed by atoms with van der Waals surface area (Å²) < 4.78 is 0. The number of aromatic nitrogens is 1. The van der Waals surface area contributed by atoms with Crippen molar-refractivity contribution in [3.05, 3.63) is 60.4 Å². The van der Waals surface area contributed by atoms with Crippen LogP contribution in [0.25, 0.3) is 6.08 Å². The zero-order chi connectivity index (χ0) is 18.1. The van der Waals surface area contributed by atoms with Crippen LogP contribution in [0, 0.1) is 0 Å². The first-order valence-electron chi connectivity index (χ1n) is 9.03. The molecule has 2 aromatic rings. The summed E-state index contributed by atoms with van der Waals surface area (Å²) in [6, 6.07) is 13.3. The van der Waals surface area contributed by atoms with Crippen molar-refractivity contribution in [3.63, 3.8) is 0 Å². The molecule has 1 fully saturated rings. The molecule has 25 heavy (non-hydrogen) atoms. The number of carbonyl (C=O) groups excluding carboxylic acids is 1. The van der Waals surface area contributed by atoms with Gasteiger partial charge in [0.15, 0.2) is 0 Å². The average molecular weight is 337 g/mol. The van der Waals surface area contributed by atoms with E-state index in [1.807, 2.05) is 44.2 Å². The molecule has 1 aliphatic rings. The fraction of sp³-hybridized carbons (Fsp3) is 0.333. The Morgan fingerprint density at radius 1 is 1.08 bits per heavy atom. The molecule has 1 N–H and O–H groups in total. The predicted octanol–water partition coefficient (Wildman–Crippen LogP) is 4.99. The number of pyridine rings is 1. The molecule has 0 spiro atoms. The van der Waals surface area contributed by atoms with E-state index in [0.29, 0.717) is 11.4 Å². The molecule has 2 heterocycles. The number of carbonyl (C=O) groups is 1.